The summed E-state index contributed by atoms with van der Waals surface area (Å²) in [4.78, 5) is 43.3. The number of halogens is 3. The summed E-state index contributed by atoms with van der Waals surface area (Å²) in [6.07, 6.45) is 2.12. The molecular weight excluding hydrogens is 667 g/mol. The first-order chi connectivity index (χ1) is 24.2. The van der Waals surface area contributed by atoms with Crippen molar-refractivity contribution < 1.29 is 42.1 Å². The molecule has 51 heavy (non-hydrogen) atoms. The van der Waals surface area contributed by atoms with Gasteiger partial charge in [0.15, 0.2) is 0 Å². The molecule has 1 fully saturated rings. The summed E-state index contributed by atoms with van der Waals surface area (Å²) in [6.45, 7) is 5.93. The van der Waals surface area contributed by atoms with Crippen LogP contribution in [-0.2, 0) is 10.9 Å². The van der Waals surface area contributed by atoms with Crippen molar-refractivity contribution in [2.24, 2.45) is 5.92 Å². The van der Waals surface area contributed by atoms with E-state index in [9.17, 15) is 32.7 Å². The van der Waals surface area contributed by atoms with Crippen molar-refractivity contribution in [3.8, 4) is 5.75 Å². The Morgan fingerprint density at radius 2 is 1.65 bits per heavy atom. The van der Waals surface area contributed by atoms with Gasteiger partial charge in [0.05, 0.1) is 36.0 Å². The van der Waals surface area contributed by atoms with Gasteiger partial charge in [-0.25, -0.2) is 9.59 Å². The Hall–Kier alpha value is -4.04. The van der Waals surface area contributed by atoms with Crippen molar-refractivity contribution in [2.45, 2.75) is 103 Å². The maximum absolute atomic E-state index is 14.4. The Labute approximate surface area is 298 Å². The number of amides is 5. The predicted octanol–water partition coefficient (Wildman–Crippen LogP) is 7.12. The summed E-state index contributed by atoms with van der Waals surface area (Å²) >= 11 is 0. The Kier molecular flexibility index (Phi) is 14.4. The van der Waals surface area contributed by atoms with Crippen molar-refractivity contribution in [3.63, 3.8) is 0 Å². The molecule has 11 nitrogen and oxygen atoms in total. The molecule has 4 atom stereocenters. The van der Waals surface area contributed by atoms with Gasteiger partial charge in [-0.2, -0.15) is 13.2 Å². The normalized spacial score (nSPS) is 21.8. The highest BCUT2D eigenvalue weighted by Crippen LogP contribution is 2.31. The number of hydrogen-bond donors (Lipinski definition) is 4. The number of fused-ring (bicyclic) bond motifs is 1. The number of benzene rings is 2. The van der Waals surface area contributed by atoms with Crippen molar-refractivity contribution in [3.05, 3.63) is 53.6 Å². The lowest BCUT2D eigenvalue weighted by Crippen LogP contribution is -2.48. The van der Waals surface area contributed by atoms with E-state index in [4.69, 9.17) is 9.47 Å². The molecule has 4 rings (SSSR count). The molecule has 1 aliphatic heterocycles. The van der Waals surface area contributed by atoms with Crippen LogP contribution in [0, 0.1) is 5.92 Å². The van der Waals surface area contributed by atoms with Crippen LogP contribution in [0.1, 0.15) is 88.1 Å². The molecule has 0 spiro atoms. The lowest BCUT2D eigenvalue weighted by Gasteiger charge is -2.35. The molecule has 5 amide bonds. The molecule has 2 aromatic carbocycles. The van der Waals surface area contributed by atoms with Crippen molar-refractivity contribution in [1.82, 2.24) is 15.1 Å². The Morgan fingerprint density at radius 3 is 2.31 bits per heavy atom. The number of aliphatic hydroxyl groups excluding tert-OH is 1. The number of ether oxygens (including phenoxy) is 2. The molecule has 0 bridgehead atoms. The first-order valence-electron chi connectivity index (χ1n) is 17.9. The van der Waals surface area contributed by atoms with E-state index in [1.807, 2.05) is 13.8 Å². The number of urea groups is 2. The summed E-state index contributed by atoms with van der Waals surface area (Å²) in [7, 11) is 1.56. The molecule has 14 heteroatoms. The fraction of sp³-hybridized carbons (Fsp3) is 0.595. The summed E-state index contributed by atoms with van der Waals surface area (Å²) in [5.41, 5.74) is 0.0682. The highest BCUT2D eigenvalue weighted by molar-refractivity contribution is 5.99. The van der Waals surface area contributed by atoms with Gasteiger partial charge in [0, 0.05) is 50.1 Å². The van der Waals surface area contributed by atoms with E-state index in [1.165, 1.54) is 17.0 Å². The SMILES string of the molecule is C[C@@H]1CCCCO[C@@H](CN(C)C(=O)Nc2ccc(C(F)(F)F)cc2)[C@@H](C)CN([C@H](C)CO)C(=O)c2cc(NC(=O)NC3CCCCC3)ccc2O1. The number of carbonyl (C=O) groups is 3. The fourth-order valence-electron chi connectivity index (χ4n) is 6.38. The average Bonchev–Trinajstić information content (AvgIpc) is 3.09. The molecule has 4 N–H and O–H groups in total. The Balaban J connectivity index is 1.53. The maximum Gasteiger partial charge on any atom is 0.416 e. The number of nitrogens with one attached hydrogen (secondary N) is 3. The van der Waals surface area contributed by atoms with Crippen LogP contribution < -0.4 is 20.7 Å². The zero-order chi connectivity index (χ0) is 37.1. The quantitative estimate of drug-likeness (QED) is 0.241. The van der Waals surface area contributed by atoms with Crippen LogP contribution in [0.4, 0.5) is 34.1 Å². The number of anilines is 2. The van der Waals surface area contributed by atoms with Crippen LogP contribution in [0.3, 0.4) is 0 Å². The molecule has 2 aromatic rings. The van der Waals surface area contributed by atoms with Crippen LogP contribution in [0.15, 0.2) is 42.5 Å². The first kappa shape index (κ1) is 39.7. The molecule has 1 aliphatic carbocycles. The van der Waals surface area contributed by atoms with E-state index in [1.54, 1.807) is 37.1 Å². The van der Waals surface area contributed by atoms with Gasteiger partial charge in [-0.05, 0) is 88.4 Å². The van der Waals surface area contributed by atoms with E-state index < -0.39 is 35.8 Å². The third kappa shape index (κ3) is 11.7. The van der Waals surface area contributed by atoms with E-state index >= 15 is 0 Å². The van der Waals surface area contributed by atoms with Gasteiger partial charge < -0.3 is 40.3 Å². The number of hydrogen-bond acceptors (Lipinski definition) is 6. The smallest absolute Gasteiger partial charge is 0.416 e. The van der Waals surface area contributed by atoms with Gasteiger partial charge in [0.1, 0.15) is 5.75 Å². The zero-order valence-corrected chi connectivity index (χ0v) is 29.9. The first-order valence-corrected chi connectivity index (χ1v) is 17.9. The number of aliphatic hydroxyl groups is 1. The molecule has 2 aliphatic rings. The molecule has 1 saturated carbocycles. The number of rotatable bonds is 7. The second kappa shape index (κ2) is 18.5. The number of likely N-dealkylation sites (N-methyl/N-ethyl adjacent to an activating group) is 1. The van der Waals surface area contributed by atoms with Gasteiger partial charge in [-0.1, -0.05) is 26.2 Å². The number of carbonyl (C=O) groups excluding carboxylic acids is 3. The molecule has 0 radical (unpaired) electrons. The molecule has 1 heterocycles. The largest absolute Gasteiger partial charge is 0.490 e. The lowest BCUT2D eigenvalue weighted by molar-refractivity contribution is -0.137. The minimum absolute atomic E-state index is 0.106. The third-order valence-corrected chi connectivity index (χ3v) is 9.51. The van der Waals surface area contributed by atoms with Crippen LogP contribution >= 0.6 is 0 Å². The van der Waals surface area contributed by atoms with Gasteiger partial charge >= 0.3 is 18.2 Å². The molecule has 0 unspecified atom stereocenters. The topological polar surface area (TPSA) is 132 Å². The second-order valence-corrected chi connectivity index (χ2v) is 13.8. The van der Waals surface area contributed by atoms with Crippen LogP contribution in [0.5, 0.6) is 5.75 Å². The summed E-state index contributed by atoms with van der Waals surface area (Å²) in [6, 6.07) is 7.84. The van der Waals surface area contributed by atoms with E-state index in [2.05, 4.69) is 16.0 Å². The van der Waals surface area contributed by atoms with Crippen LogP contribution in [0.25, 0.3) is 0 Å². The molecule has 0 saturated heterocycles. The minimum atomic E-state index is -4.49. The maximum atomic E-state index is 14.4. The van der Waals surface area contributed by atoms with Gasteiger partial charge in [0.25, 0.3) is 5.91 Å². The van der Waals surface area contributed by atoms with E-state index in [0.717, 1.165) is 57.1 Å². The Bertz CT molecular complexity index is 1450. The third-order valence-electron chi connectivity index (χ3n) is 9.51. The lowest BCUT2D eigenvalue weighted by atomic mass is 9.96. The molecule has 0 aromatic heterocycles. The van der Waals surface area contributed by atoms with Gasteiger partial charge in [0.2, 0.25) is 0 Å². The zero-order valence-electron chi connectivity index (χ0n) is 29.9. The predicted molar refractivity (Wildman–Crippen MR) is 189 cm³/mol. The fourth-order valence-corrected chi connectivity index (χ4v) is 6.38. The minimum Gasteiger partial charge on any atom is -0.490 e. The number of nitrogens with zero attached hydrogens (tertiary/aromatic N) is 2. The van der Waals surface area contributed by atoms with Crippen molar-refractivity contribution in [1.29, 1.82) is 0 Å². The average molecular weight is 720 g/mol. The van der Waals surface area contributed by atoms with Gasteiger partial charge in [-0.15, -0.1) is 0 Å². The summed E-state index contributed by atoms with van der Waals surface area (Å²) in [5.74, 6) is -0.345. The van der Waals surface area contributed by atoms with Crippen molar-refractivity contribution in [2.75, 3.05) is 44.0 Å². The standard InChI is InChI=1S/C37H52F3N5O6/c1-24-21-45(25(2)23-46)34(47)31-20-30(42-35(48)41-28-11-6-5-7-12-28)17-18-32(31)51-26(3)10-8-9-19-50-33(24)22-44(4)36(49)43-29-15-13-27(14-16-29)37(38,39)40/h13-18,20,24-26,28,33,46H,5-12,19,21-23H2,1-4H3,(H,43,49)(H2,41,42,48)/t24-,25+,26+,33-/m0/s1. The van der Waals surface area contributed by atoms with Gasteiger partial charge in [-0.3, -0.25) is 4.79 Å². The summed E-state index contributed by atoms with van der Waals surface area (Å²) in [5, 5.41) is 18.7. The Morgan fingerprint density at radius 1 is 0.980 bits per heavy atom. The molecule has 282 valence electrons. The van der Waals surface area contributed by atoms with E-state index in [-0.39, 0.29) is 55.0 Å². The van der Waals surface area contributed by atoms with Crippen LogP contribution in [-0.4, -0.2) is 90.5 Å². The molecular formula is C37H52F3N5O6. The van der Waals surface area contributed by atoms with Crippen LogP contribution in [0.2, 0.25) is 0 Å². The monoisotopic (exact) mass is 719 g/mol. The highest BCUT2D eigenvalue weighted by Gasteiger charge is 2.32. The number of alkyl halides is 3. The highest BCUT2D eigenvalue weighted by atomic mass is 19.4. The summed E-state index contributed by atoms with van der Waals surface area (Å²) < 4.78 is 51.6. The van der Waals surface area contributed by atoms with E-state index in [0.29, 0.717) is 24.5 Å². The second-order valence-electron chi connectivity index (χ2n) is 13.8. The van der Waals surface area contributed by atoms with Crippen molar-refractivity contribution >= 4 is 29.3 Å².